The third kappa shape index (κ3) is 6.88. The van der Waals surface area contributed by atoms with Gasteiger partial charge >= 0.3 is 6.18 Å². The largest absolute Gasteiger partial charge is 0.413 e. The van der Waals surface area contributed by atoms with Crippen LogP contribution in [0.15, 0.2) is 24.3 Å². The number of aliphatic hydroxyl groups excluding tert-OH is 1. The maximum absolute atomic E-state index is 11.8. The minimum absolute atomic E-state index is 0.0976. The number of nitrogens with one attached hydrogen (secondary N) is 1. The van der Waals surface area contributed by atoms with Crippen molar-refractivity contribution in [2.45, 2.75) is 32.5 Å². The minimum Gasteiger partial charge on any atom is -0.387 e. The van der Waals surface area contributed by atoms with Crippen LogP contribution in [-0.2, 0) is 11.3 Å². The fraction of sp³-hybridized carbons (Fsp3) is 0.571. The molecule has 0 bridgehead atoms. The van der Waals surface area contributed by atoms with Crippen molar-refractivity contribution >= 4 is 0 Å². The molecule has 1 atom stereocenters. The Hall–Kier alpha value is -1.11. The Balaban J connectivity index is 2.38. The second-order valence-electron chi connectivity index (χ2n) is 5.11. The smallest absolute Gasteiger partial charge is 0.387 e. The summed E-state index contributed by atoms with van der Waals surface area (Å²) in [4.78, 5) is 4.23. The lowest BCUT2D eigenvalue weighted by Crippen LogP contribution is -2.28. The van der Waals surface area contributed by atoms with E-state index in [4.69, 9.17) is 0 Å². The zero-order chi connectivity index (χ0) is 15.2. The number of halogens is 3. The summed E-state index contributed by atoms with van der Waals surface area (Å²) in [5, 5.41) is 9.80. The van der Waals surface area contributed by atoms with E-state index in [1.165, 1.54) is 0 Å². The second-order valence-corrected chi connectivity index (χ2v) is 5.11. The molecule has 0 radical (unpaired) electrons. The molecule has 114 valence electrons. The lowest BCUT2D eigenvalue weighted by molar-refractivity contribution is -0.191. The Morgan fingerprint density at radius 3 is 2.30 bits per heavy atom. The number of hydrogen-bond acceptors (Lipinski definition) is 3. The summed E-state index contributed by atoms with van der Waals surface area (Å²) in [6.07, 6.45) is -4.34. The van der Waals surface area contributed by atoms with Gasteiger partial charge in [0.2, 0.25) is 0 Å². The zero-order valence-corrected chi connectivity index (χ0v) is 11.6. The predicted molar refractivity (Wildman–Crippen MR) is 70.0 cm³/mol. The van der Waals surface area contributed by atoms with Gasteiger partial charge in [0.25, 0.3) is 0 Å². The van der Waals surface area contributed by atoms with Crippen LogP contribution in [0.5, 0.6) is 0 Å². The Morgan fingerprint density at radius 1 is 1.20 bits per heavy atom. The SMILES string of the molecule is CC(C)Cc1ccc(C(O)CNOCC(F)(F)F)cc1. The fourth-order valence-corrected chi connectivity index (χ4v) is 1.74. The molecule has 0 saturated carbocycles. The van der Waals surface area contributed by atoms with Gasteiger partial charge in [0.05, 0.1) is 12.6 Å². The molecule has 1 aromatic carbocycles. The molecule has 0 spiro atoms. The van der Waals surface area contributed by atoms with Gasteiger partial charge in [-0.05, 0) is 23.5 Å². The molecule has 6 heteroatoms. The molecule has 0 saturated heterocycles. The molecule has 1 unspecified atom stereocenters. The summed E-state index contributed by atoms with van der Waals surface area (Å²) in [5.41, 5.74) is 3.92. The first-order valence-corrected chi connectivity index (χ1v) is 6.46. The highest BCUT2D eigenvalue weighted by molar-refractivity contribution is 5.24. The average Bonchev–Trinajstić information content (AvgIpc) is 2.33. The summed E-state index contributed by atoms with van der Waals surface area (Å²) in [6, 6.07) is 7.37. The molecule has 0 amide bonds. The lowest BCUT2D eigenvalue weighted by Gasteiger charge is -2.14. The maximum atomic E-state index is 11.8. The van der Waals surface area contributed by atoms with Crippen molar-refractivity contribution in [1.82, 2.24) is 5.48 Å². The van der Waals surface area contributed by atoms with Crippen molar-refractivity contribution < 1.29 is 23.1 Å². The number of benzene rings is 1. The van der Waals surface area contributed by atoms with Gasteiger partial charge in [-0.2, -0.15) is 18.7 Å². The highest BCUT2D eigenvalue weighted by Crippen LogP contribution is 2.16. The van der Waals surface area contributed by atoms with Gasteiger partial charge in [-0.3, -0.25) is 4.84 Å². The molecule has 1 aromatic rings. The van der Waals surface area contributed by atoms with Crippen LogP contribution in [0.4, 0.5) is 13.2 Å². The number of hydroxylamine groups is 1. The third-order valence-corrected chi connectivity index (χ3v) is 2.62. The van der Waals surface area contributed by atoms with E-state index in [-0.39, 0.29) is 6.54 Å². The summed E-state index contributed by atoms with van der Waals surface area (Å²) in [7, 11) is 0. The van der Waals surface area contributed by atoms with Gasteiger partial charge < -0.3 is 5.11 Å². The van der Waals surface area contributed by atoms with Gasteiger partial charge in [-0.15, -0.1) is 0 Å². The van der Waals surface area contributed by atoms with Crippen molar-refractivity contribution in [2.75, 3.05) is 13.2 Å². The van der Waals surface area contributed by atoms with E-state index in [0.717, 1.165) is 12.0 Å². The number of alkyl halides is 3. The first-order chi connectivity index (χ1) is 9.28. The third-order valence-electron chi connectivity index (χ3n) is 2.62. The van der Waals surface area contributed by atoms with E-state index >= 15 is 0 Å². The van der Waals surface area contributed by atoms with E-state index in [0.29, 0.717) is 11.5 Å². The van der Waals surface area contributed by atoms with Crippen molar-refractivity contribution in [3.8, 4) is 0 Å². The second kappa shape index (κ2) is 7.61. The van der Waals surface area contributed by atoms with Crippen molar-refractivity contribution in [2.24, 2.45) is 5.92 Å². The highest BCUT2D eigenvalue weighted by Gasteiger charge is 2.27. The van der Waals surface area contributed by atoms with Crippen LogP contribution in [-0.4, -0.2) is 24.4 Å². The summed E-state index contributed by atoms with van der Waals surface area (Å²) in [6.45, 7) is 2.75. The molecule has 0 heterocycles. The predicted octanol–water partition coefficient (Wildman–Crippen LogP) is 3.00. The zero-order valence-electron chi connectivity index (χ0n) is 11.6. The molecule has 0 aliphatic heterocycles. The molecule has 0 fully saturated rings. The Kier molecular flexibility index (Phi) is 6.45. The maximum Gasteiger partial charge on any atom is 0.413 e. The summed E-state index contributed by atoms with van der Waals surface area (Å²) in [5.74, 6) is 0.545. The van der Waals surface area contributed by atoms with Crippen molar-refractivity contribution in [3.63, 3.8) is 0 Å². The summed E-state index contributed by atoms with van der Waals surface area (Å²) >= 11 is 0. The van der Waals surface area contributed by atoms with E-state index in [1.54, 1.807) is 12.1 Å². The summed E-state index contributed by atoms with van der Waals surface area (Å²) < 4.78 is 35.5. The number of aliphatic hydroxyl groups is 1. The number of hydrogen-bond donors (Lipinski definition) is 2. The van der Waals surface area contributed by atoms with E-state index < -0.39 is 18.9 Å². The van der Waals surface area contributed by atoms with E-state index in [9.17, 15) is 18.3 Å². The lowest BCUT2D eigenvalue weighted by atomic mass is 10.0. The molecule has 0 aliphatic rings. The van der Waals surface area contributed by atoms with Crippen LogP contribution in [0.3, 0.4) is 0 Å². The molecule has 2 N–H and O–H groups in total. The first-order valence-electron chi connectivity index (χ1n) is 6.46. The number of rotatable bonds is 7. The Bertz CT molecular complexity index is 390. The normalized spacial score (nSPS) is 13.8. The Labute approximate surface area is 116 Å². The monoisotopic (exact) mass is 291 g/mol. The van der Waals surface area contributed by atoms with Crippen LogP contribution in [0.2, 0.25) is 0 Å². The van der Waals surface area contributed by atoms with Crippen molar-refractivity contribution in [3.05, 3.63) is 35.4 Å². The van der Waals surface area contributed by atoms with Gasteiger partial charge in [0, 0.05) is 0 Å². The Morgan fingerprint density at radius 2 is 1.80 bits per heavy atom. The van der Waals surface area contributed by atoms with Gasteiger partial charge in [0.1, 0.15) is 0 Å². The van der Waals surface area contributed by atoms with Gasteiger partial charge in [-0.25, -0.2) is 0 Å². The van der Waals surface area contributed by atoms with Crippen LogP contribution in [0.1, 0.15) is 31.1 Å². The quantitative estimate of drug-likeness (QED) is 0.599. The minimum atomic E-state index is -4.38. The van der Waals surface area contributed by atoms with Crippen LogP contribution in [0.25, 0.3) is 0 Å². The highest BCUT2D eigenvalue weighted by atomic mass is 19.4. The molecule has 1 rings (SSSR count). The molecule has 0 aromatic heterocycles. The molecular weight excluding hydrogens is 271 g/mol. The topological polar surface area (TPSA) is 41.5 Å². The molecular formula is C14H20F3NO2. The van der Waals surface area contributed by atoms with Crippen molar-refractivity contribution in [1.29, 1.82) is 0 Å². The molecule has 20 heavy (non-hydrogen) atoms. The van der Waals surface area contributed by atoms with Gasteiger partial charge in [0.15, 0.2) is 6.61 Å². The van der Waals surface area contributed by atoms with Crippen LogP contribution >= 0.6 is 0 Å². The molecule has 3 nitrogen and oxygen atoms in total. The van der Waals surface area contributed by atoms with E-state index in [1.807, 2.05) is 12.1 Å². The van der Waals surface area contributed by atoms with Crippen LogP contribution < -0.4 is 5.48 Å². The fourth-order valence-electron chi connectivity index (χ4n) is 1.74. The molecule has 0 aliphatic carbocycles. The van der Waals surface area contributed by atoms with Crippen LogP contribution in [0, 0.1) is 5.92 Å². The standard InChI is InChI=1S/C14H20F3NO2/c1-10(2)7-11-3-5-12(6-4-11)13(19)8-18-20-9-14(15,16)17/h3-6,10,13,18-19H,7-9H2,1-2H3. The first kappa shape index (κ1) is 16.9. The van der Waals surface area contributed by atoms with Gasteiger partial charge in [-0.1, -0.05) is 38.1 Å². The van der Waals surface area contributed by atoms with E-state index in [2.05, 4.69) is 24.2 Å². The average molecular weight is 291 g/mol.